The van der Waals surface area contributed by atoms with Gasteiger partial charge in [0.05, 0.1) is 17.9 Å². The highest BCUT2D eigenvalue weighted by molar-refractivity contribution is 5.90. The molecule has 7 nitrogen and oxygen atoms in total. The summed E-state index contributed by atoms with van der Waals surface area (Å²) in [4.78, 5) is 15.7. The fourth-order valence-electron chi connectivity index (χ4n) is 1.53. The van der Waals surface area contributed by atoms with Crippen LogP contribution in [0.4, 0.5) is 10.5 Å². The molecule has 7 heteroatoms. The fourth-order valence-corrected chi connectivity index (χ4v) is 1.53. The van der Waals surface area contributed by atoms with Crippen molar-refractivity contribution < 1.29 is 20.1 Å². The van der Waals surface area contributed by atoms with Crippen molar-refractivity contribution in [3.8, 4) is 17.2 Å². The Morgan fingerprint density at radius 2 is 1.85 bits per heavy atom. The Morgan fingerprint density at radius 3 is 2.45 bits per heavy atom. The monoisotopic (exact) mass is 275 g/mol. The highest BCUT2D eigenvalue weighted by atomic mass is 16.3. The first-order valence-electron chi connectivity index (χ1n) is 5.76. The molecule has 0 aliphatic rings. The molecular formula is C13H13N3O4. The van der Waals surface area contributed by atoms with Crippen LogP contribution in [0, 0.1) is 0 Å². The Balaban J connectivity index is 1.95. The third-order valence-electron chi connectivity index (χ3n) is 2.48. The van der Waals surface area contributed by atoms with Gasteiger partial charge in [0.25, 0.3) is 0 Å². The lowest BCUT2D eigenvalue weighted by molar-refractivity contribution is 0.251. The quantitative estimate of drug-likeness (QED) is 0.430. The van der Waals surface area contributed by atoms with Gasteiger partial charge in [-0.1, -0.05) is 6.07 Å². The molecule has 0 fully saturated rings. The average Bonchev–Trinajstić information content (AvgIpc) is 2.43. The number of nitrogens with one attached hydrogen (secondary N) is 2. The first-order chi connectivity index (χ1) is 9.56. The molecule has 1 aromatic carbocycles. The van der Waals surface area contributed by atoms with Crippen molar-refractivity contribution >= 4 is 11.7 Å². The first kappa shape index (κ1) is 13.5. The largest absolute Gasteiger partial charge is 0.504 e. The van der Waals surface area contributed by atoms with Gasteiger partial charge in [-0.15, -0.1) is 0 Å². The third-order valence-corrected chi connectivity index (χ3v) is 2.48. The third kappa shape index (κ3) is 3.29. The molecular weight excluding hydrogens is 262 g/mol. The van der Waals surface area contributed by atoms with Gasteiger partial charge in [0, 0.05) is 18.3 Å². The molecule has 0 aliphatic carbocycles. The second-order valence-corrected chi connectivity index (χ2v) is 3.99. The van der Waals surface area contributed by atoms with E-state index in [9.17, 15) is 20.1 Å². The minimum Gasteiger partial charge on any atom is -0.504 e. The summed E-state index contributed by atoms with van der Waals surface area (Å²) in [7, 11) is 0. The molecule has 2 rings (SSSR count). The van der Waals surface area contributed by atoms with Crippen molar-refractivity contribution in [2.75, 3.05) is 5.32 Å². The minimum atomic E-state index is -0.635. The lowest BCUT2D eigenvalue weighted by Crippen LogP contribution is -2.28. The molecule has 0 saturated heterocycles. The number of hydrogen-bond acceptors (Lipinski definition) is 5. The number of phenols is 3. The van der Waals surface area contributed by atoms with E-state index in [0.29, 0.717) is 5.69 Å². The van der Waals surface area contributed by atoms with Gasteiger partial charge in [-0.05, 0) is 12.1 Å². The highest BCUT2D eigenvalue weighted by Crippen LogP contribution is 2.37. The summed E-state index contributed by atoms with van der Waals surface area (Å²) in [5, 5.41) is 32.8. The van der Waals surface area contributed by atoms with E-state index in [0.717, 1.165) is 12.1 Å². The SMILES string of the molecule is O=C(NCc1ccccn1)Nc1cc(O)c(O)c(O)c1. The molecule has 2 amide bonds. The van der Waals surface area contributed by atoms with Crippen molar-refractivity contribution in [3.63, 3.8) is 0 Å². The van der Waals surface area contributed by atoms with E-state index >= 15 is 0 Å². The van der Waals surface area contributed by atoms with E-state index in [1.165, 1.54) is 0 Å². The lowest BCUT2D eigenvalue weighted by Gasteiger charge is -2.09. The van der Waals surface area contributed by atoms with Crippen molar-refractivity contribution in [1.82, 2.24) is 10.3 Å². The van der Waals surface area contributed by atoms with Crippen LogP contribution >= 0.6 is 0 Å². The smallest absolute Gasteiger partial charge is 0.319 e. The van der Waals surface area contributed by atoms with E-state index in [1.54, 1.807) is 24.4 Å². The summed E-state index contributed by atoms with van der Waals surface area (Å²) in [5.41, 5.74) is 0.843. The average molecular weight is 275 g/mol. The Labute approximate surface area is 114 Å². The number of pyridine rings is 1. The van der Waals surface area contributed by atoms with Crippen LogP contribution < -0.4 is 10.6 Å². The van der Waals surface area contributed by atoms with Crippen LogP contribution in [-0.2, 0) is 6.54 Å². The van der Waals surface area contributed by atoms with E-state index < -0.39 is 23.3 Å². The predicted molar refractivity (Wildman–Crippen MR) is 71.5 cm³/mol. The fraction of sp³-hybridized carbons (Fsp3) is 0.0769. The summed E-state index contributed by atoms with van der Waals surface area (Å²) in [6.07, 6.45) is 1.62. The summed E-state index contributed by atoms with van der Waals surface area (Å²) in [6.45, 7) is 0.239. The van der Waals surface area contributed by atoms with Crippen LogP contribution in [0.2, 0.25) is 0 Å². The summed E-state index contributed by atoms with van der Waals surface area (Å²) >= 11 is 0. The van der Waals surface area contributed by atoms with Crippen LogP contribution in [-0.4, -0.2) is 26.3 Å². The molecule has 0 radical (unpaired) electrons. The van der Waals surface area contributed by atoms with Crippen molar-refractivity contribution in [3.05, 3.63) is 42.2 Å². The number of amides is 2. The number of carbonyl (C=O) groups is 1. The van der Waals surface area contributed by atoms with Crippen LogP contribution in [0.1, 0.15) is 5.69 Å². The number of hydrogen-bond donors (Lipinski definition) is 5. The molecule has 0 unspecified atom stereocenters. The molecule has 0 spiro atoms. The van der Waals surface area contributed by atoms with Gasteiger partial charge < -0.3 is 26.0 Å². The molecule has 0 saturated carbocycles. The van der Waals surface area contributed by atoms with Gasteiger partial charge in [-0.25, -0.2) is 4.79 Å². The van der Waals surface area contributed by atoms with Gasteiger partial charge in [0.1, 0.15) is 0 Å². The molecule has 104 valence electrons. The summed E-state index contributed by atoms with van der Waals surface area (Å²) < 4.78 is 0. The highest BCUT2D eigenvalue weighted by Gasteiger charge is 2.10. The van der Waals surface area contributed by atoms with Crippen molar-refractivity contribution in [2.24, 2.45) is 0 Å². The predicted octanol–water partition coefficient (Wildman–Crippen LogP) is 1.52. The number of aromatic nitrogens is 1. The first-order valence-corrected chi connectivity index (χ1v) is 5.76. The second kappa shape index (κ2) is 5.79. The Bertz CT molecular complexity index is 593. The molecule has 1 heterocycles. The van der Waals surface area contributed by atoms with E-state index in [1.807, 2.05) is 0 Å². The summed E-state index contributed by atoms with van der Waals surface area (Å²) in [6, 6.07) is 7.05. The van der Waals surface area contributed by atoms with E-state index in [-0.39, 0.29) is 12.2 Å². The molecule has 2 aromatic rings. The van der Waals surface area contributed by atoms with Crippen LogP contribution in [0.15, 0.2) is 36.5 Å². The number of rotatable bonds is 3. The number of carbonyl (C=O) groups excluding carboxylic acids is 1. The molecule has 0 bridgehead atoms. The molecule has 0 aliphatic heterocycles. The number of aromatic hydroxyl groups is 3. The molecule has 0 atom stereocenters. The molecule has 1 aromatic heterocycles. The standard InChI is InChI=1S/C13H13N3O4/c17-10-5-9(6-11(18)12(10)19)16-13(20)15-7-8-3-1-2-4-14-8/h1-6,17-19H,7H2,(H2,15,16,20). The maximum absolute atomic E-state index is 11.6. The van der Waals surface area contributed by atoms with Gasteiger partial charge in [-0.2, -0.15) is 0 Å². The normalized spacial score (nSPS) is 10.0. The minimum absolute atomic E-state index is 0.149. The molecule has 5 N–H and O–H groups in total. The van der Waals surface area contributed by atoms with Gasteiger partial charge in [-0.3, -0.25) is 4.98 Å². The Hall–Kier alpha value is -2.96. The second-order valence-electron chi connectivity index (χ2n) is 3.99. The Kier molecular flexibility index (Phi) is 3.90. The number of benzene rings is 1. The van der Waals surface area contributed by atoms with Crippen molar-refractivity contribution in [1.29, 1.82) is 0 Å². The number of phenolic OH excluding ortho intramolecular Hbond substituents is 3. The van der Waals surface area contributed by atoms with E-state index in [4.69, 9.17) is 0 Å². The number of urea groups is 1. The van der Waals surface area contributed by atoms with E-state index in [2.05, 4.69) is 15.6 Å². The number of anilines is 1. The maximum atomic E-state index is 11.6. The van der Waals surface area contributed by atoms with Crippen molar-refractivity contribution in [2.45, 2.75) is 6.54 Å². The van der Waals surface area contributed by atoms with Crippen LogP contribution in [0.3, 0.4) is 0 Å². The van der Waals surface area contributed by atoms with Gasteiger partial charge in [0.2, 0.25) is 0 Å². The zero-order valence-corrected chi connectivity index (χ0v) is 10.4. The van der Waals surface area contributed by atoms with Gasteiger partial charge >= 0.3 is 6.03 Å². The maximum Gasteiger partial charge on any atom is 0.319 e. The molecule has 20 heavy (non-hydrogen) atoms. The topological polar surface area (TPSA) is 115 Å². The van der Waals surface area contributed by atoms with Crippen LogP contribution in [0.25, 0.3) is 0 Å². The lowest BCUT2D eigenvalue weighted by atomic mass is 10.2. The summed E-state index contributed by atoms with van der Waals surface area (Å²) in [5.74, 6) is -1.68. The number of nitrogens with zero attached hydrogens (tertiary/aromatic N) is 1. The zero-order valence-electron chi connectivity index (χ0n) is 10.4. The van der Waals surface area contributed by atoms with Crippen LogP contribution in [0.5, 0.6) is 17.2 Å². The Morgan fingerprint density at radius 1 is 1.15 bits per heavy atom. The zero-order chi connectivity index (χ0) is 14.5. The van der Waals surface area contributed by atoms with Gasteiger partial charge in [0.15, 0.2) is 17.2 Å².